The van der Waals surface area contributed by atoms with Gasteiger partial charge >= 0.3 is 0 Å². The van der Waals surface area contributed by atoms with Gasteiger partial charge in [-0.25, -0.2) is 4.98 Å². The minimum atomic E-state index is -0.354. The molecule has 2 aliphatic rings. The fourth-order valence-electron chi connectivity index (χ4n) is 4.26. The van der Waals surface area contributed by atoms with Gasteiger partial charge in [-0.15, -0.1) is 11.3 Å². The first-order valence-electron chi connectivity index (χ1n) is 10.0. The molecule has 1 saturated carbocycles. The van der Waals surface area contributed by atoms with E-state index in [4.69, 9.17) is 5.73 Å². The molecule has 2 fully saturated rings. The number of nitrogens with zero attached hydrogens (tertiary/aromatic N) is 2. The second kappa shape index (κ2) is 8.31. The molecule has 1 atom stereocenters. The molecule has 0 radical (unpaired) electrons. The summed E-state index contributed by atoms with van der Waals surface area (Å²) in [5.41, 5.74) is 8.21. The molecule has 28 heavy (non-hydrogen) atoms. The number of thiazole rings is 1. The summed E-state index contributed by atoms with van der Waals surface area (Å²) in [6, 6.07) is 7.22. The van der Waals surface area contributed by atoms with E-state index < -0.39 is 0 Å². The topological polar surface area (TPSA) is 88.3 Å². The van der Waals surface area contributed by atoms with Crippen LogP contribution in [0.3, 0.4) is 0 Å². The van der Waals surface area contributed by atoms with Crippen molar-refractivity contribution in [2.75, 3.05) is 17.6 Å². The molecule has 2 amide bonds. The SMILES string of the molecule is Nc1nc(-c2ccc(NC(=O)[C@@H]3CCCN3C(=O)C3CCCCC3)cc2)cs1. The Balaban J connectivity index is 1.40. The zero-order valence-corrected chi connectivity index (χ0v) is 16.7. The van der Waals surface area contributed by atoms with Crippen LogP contribution in [0.5, 0.6) is 0 Å². The fraction of sp³-hybridized carbons (Fsp3) is 0.476. The first-order valence-corrected chi connectivity index (χ1v) is 10.9. The van der Waals surface area contributed by atoms with Crippen molar-refractivity contribution in [2.45, 2.75) is 51.0 Å². The lowest BCUT2D eigenvalue weighted by atomic mass is 9.88. The zero-order chi connectivity index (χ0) is 19.5. The van der Waals surface area contributed by atoms with Gasteiger partial charge in [-0.1, -0.05) is 31.4 Å². The number of carbonyl (C=O) groups excluding carboxylic acids is 2. The standard InChI is InChI=1S/C21H26N4O2S/c22-21-24-17(13-28-21)14-8-10-16(11-9-14)23-19(26)18-7-4-12-25(18)20(27)15-5-2-1-3-6-15/h8-11,13,15,18H,1-7,12H2,(H2,22,24)(H,23,26)/t18-/m0/s1. The van der Waals surface area contributed by atoms with Gasteiger partial charge in [0.25, 0.3) is 0 Å². The number of benzene rings is 1. The van der Waals surface area contributed by atoms with E-state index in [2.05, 4.69) is 10.3 Å². The van der Waals surface area contributed by atoms with Crippen molar-refractivity contribution in [1.29, 1.82) is 0 Å². The maximum atomic E-state index is 12.9. The fourth-order valence-corrected chi connectivity index (χ4v) is 4.83. The summed E-state index contributed by atoms with van der Waals surface area (Å²) in [7, 11) is 0. The number of aromatic nitrogens is 1. The smallest absolute Gasteiger partial charge is 0.247 e. The number of amides is 2. The van der Waals surface area contributed by atoms with Crippen LogP contribution >= 0.6 is 11.3 Å². The molecule has 0 spiro atoms. The van der Waals surface area contributed by atoms with Gasteiger partial charge in [0.05, 0.1) is 5.69 Å². The third-order valence-corrected chi connectivity index (χ3v) is 6.44. The van der Waals surface area contributed by atoms with E-state index in [-0.39, 0.29) is 23.8 Å². The lowest BCUT2D eigenvalue weighted by Crippen LogP contribution is -2.46. The molecule has 4 rings (SSSR count). The van der Waals surface area contributed by atoms with E-state index in [1.807, 2.05) is 34.5 Å². The number of hydrogen-bond donors (Lipinski definition) is 2. The van der Waals surface area contributed by atoms with Gasteiger partial charge in [-0.3, -0.25) is 9.59 Å². The van der Waals surface area contributed by atoms with Crippen LogP contribution in [-0.4, -0.2) is 34.3 Å². The predicted molar refractivity (Wildman–Crippen MR) is 112 cm³/mol. The summed E-state index contributed by atoms with van der Waals surface area (Å²) < 4.78 is 0. The van der Waals surface area contributed by atoms with Crippen LogP contribution in [0.2, 0.25) is 0 Å². The number of nitrogen functional groups attached to an aromatic ring is 1. The van der Waals surface area contributed by atoms with Crippen LogP contribution in [0.15, 0.2) is 29.6 Å². The molecular weight excluding hydrogens is 372 g/mol. The van der Waals surface area contributed by atoms with Crippen LogP contribution in [0, 0.1) is 5.92 Å². The van der Waals surface area contributed by atoms with Gasteiger partial charge in [-0.05, 0) is 37.8 Å². The van der Waals surface area contributed by atoms with Crippen molar-refractivity contribution in [1.82, 2.24) is 9.88 Å². The minimum Gasteiger partial charge on any atom is -0.375 e. The molecule has 1 saturated heterocycles. The number of anilines is 2. The number of nitrogens with two attached hydrogens (primary N) is 1. The molecule has 7 heteroatoms. The number of likely N-dealkylation sites (tertiary alicyclic amines) is 1. The molecule has 1 aliphatic heterocycles. The largest absolute Gasteiger partial charge is 0.375 e. The molecule has 1 aromatic heterocycles. The third-order valence-electron chi connectivity index (χ3n) is 5.76. The minimum absolute atomic E-state index is 0.0905. The highest BCUT2D eigenvalue weighted by molar-refractivity contribution is 7.13. The summed E-state index contributed by atoms with van der Waals surface area (Å²) in [5, 5.41) is 5.43. The second-order valence-corrected chi connectivity index (χ2v) is 8.55. The third kappa shape index (κ3) is 4.04. The quantitative estimate of drug-likeness (QED) is 0.817. The van der Waals surface area contributed by atoms with E-state index in [1.54, 1.807) is 0 Å². The Morgan fingerprint density at radius 2 is 1.82 bits per heavy atom. The van der Waals surface area contributed by atoms with Crippen molar-refractivity contribution in [3.05, 3.63) is 29.6 Å². The first kappa shape index (κ1) is 18.9. The molecule has 148 valence electrons. The van der Waals surface area contributed by atoms with Gasteiger partial charge in [-0.2, -0.15) is 0 Å². The first-order chi connectivity index (χ1) is 13.6. The van der Waals surface area contributed by atoms with Gasteiger partial charge in [0.1, 0.15) is 6.04 Å². The normalized spacial score (nSPS) is 20.3. The number of carbonyl (C=O) groups is 2. The van der Waals surface area contributed by atoms with E-state index in [0.29, 0.717) is 11.7 Å². The summed E-state index contributed by atoms with van der Waals surface area (Å²) in [4.78, 5) is 31.8. The Hall–Kier alpha value is -2.41. The lowest BCUT2D eigenvalue weighted by molar-refractivity contribution is -0.141. The van der Waals surface area contributed by atoms with Crippen LogP contribution in [0.1, 0.15) is 44.9 Å². The summed E-state index contributed by atoms with van der Waals surface area (Å²) in [6.45, 7) is 0.692. The predicted octanol–water partition coefficient (Wildman–Crippen LogP) is 3.90. The Morgan fingerprint density at radius 3 is 2.50 bits per heavy atom. The van der Waals surface area contributed by atoms with Gasteiger partial charge < -0.3 is 16.0 Å². The van der Waals surface area contributed by atoms with E-state index in [0.717, 1.165) is 55.5 Å². The zero-order valence-electron chi connectivity index (χ0n) is 15.9. The molecule has 2 aromatic rings. The Labute approximate surface area is 169 Å². The van der Waals surface area contributed by atoms with Crippen LogP contribution < -0.4 is 11.1 Å². The Kier molecular flexibility index (Phi) is 5.62. The summed E-state index contributed by atoms with van der Waals surface area (Å²) >= 11 is 1.40. The lowest BCUT2D eigenvalue weighted by Gasteiger charge is -2.30. The van der Waals surface area contributed by atoms with Gasteiger partial charge in [0, 0.05) is 29.1 Å². The molecule has 0 unspecified atom stereocenters. The average molecular weight is 399 g/mol. The number of hydrogen-bond acceptors (Lipinski definition) is 5. The molecule has 1 aliphatic carbocycles. The molecule has 1 aromatic carbocycles. The van der Waals surface area contributed by atoms with Crippen molar-refractivity contribution in [2.24, 2.45) is 5.92 Å². The molecule has 6 nitrogen and oxygen atoms in total. The van der Waals surface area contributed by atoms with E-state index in [9.17, 15) is 9.59 Å². The van der Waals surface area contributed by atoms with Crippen molar-refractivity contribution in [3.8, 4) is 11.3 Å². The van der Waals surface area contributed by atoms with Gasteiger partial charge in [0.15, 0.2) is 5.13 Å². The second-order valence-electron chi connectivity index (χ2n) is 7.66. The number of rotatable bonds is 4. The van der Waals surface area contributed by atoms with Crippen LogP contribution in [0.25, 0.3) is 11.3 Å². The van der Waals surface area contributed by atoms with Gasteiger partial charge in [0.2, 0.25) is 11.8 Å². The Morgan fingerprint density at radius 1 is 1.07 bits per heavy atom. The van der Waals surface area contributed by atoms with Crippen molar-refractivity contribution < 1.29 is 9.59 Å². The summed E-state index contributed by atoms with van der Waals surface area (Å²) in [6.07, 6.45) is 7.02. The highest BCUT2D eigenvalue weighted by Crippen LogP contribution is 2.29. The highest BCUT2D eigenvalue weighted by Gasteiger charge is 2.37. The van der Waals surface area contributed by atoms with E-state index in [1.165, 1.54) is 17.8 Å². The summed E-state index contributed by atoms with van der Waals surface area (Å²) in [5.74, 6) is 0.188. The van der Waals surface area contributed by atoms with E-state index >= 15 is 0 Å². The molecule has 0 bridgehead atoms. The van der Waals surface area contributed by atoms with Crippen LogP contribution in [-0.2, 0) is 9.59 Å². The van der Waals surface area contributed by atoms with Crippen molar-refractivity contribution >= 4 is 34.0 Å². The Bertz CT molecular complexity index is 842. The molecular formula is C21H26N4O2S. The monoisotopic (exact) mass is 398 g/mol. The molecule has 3 N–H and O–H groups in total. The average Bonchev–Trinajstić information content (AvgIpc) is 3.38. The van der Waals surface area contributed by atoms with Crippen LogP contribution in [0.4, 0.5) is 10.8 Å². The highest BCUT2D eigenvalue weighted by atomic mass is 32.1. The number of nitrogens with one attached hydrogen (secondary N) is 1. The van der Waals surface area contributed by atoms with Crippen molar-refractivity contribution in [3.63, 3.8) is 0 Å². The maximum absolute atomic E-state index is 12.9. The maximum Gasteiger partial charge on any atom is 0.247 e. The molecule has 2 heterocycles.